The predicted octanol–water partition coefficient (Wildman–Crippen LogP) is 0.617. The summed E-state index contributed by atoms with van der Waals surface area (Å²) in [4.78, 5) is 13.0. The molecule has 1 aliphatic heterocycles. The third kappa shape index (κ3) is 4.96. The minimum Gasteiger partial charge on any atom is -0.497 e. The van der Waals surface area contributed by atoms with Crippen LogP contribution in [0.25, 0.3) is 0 Å². The first-order valence-electron chi connectivity index (χ1n) is 11.3. The monoisotopic (exact) mass is 467 g/mol. The summed E-state index contributed by atoms with van der Waals surface area (Å²) < 4.78 is 18.3. The molecule has 1 fully saturated rings. The van der Waals surface area contributed by atoms with Crippen LogP contribution in [0.4, 0.5) is 0 Å². The van der Waals surface area contributed by atoms with Crippen molar-refractivity contribution < 1.29 is 23.9 Å². The molecular weight excluding hydrogens is 436 g/mol. The smallest absolute Gasteiger partial charge is 0.220 e. The van der Waals surface area contributed by atoms with Crippen molar-refractivity contribution >= 4 is 5.91 Å². The van der Waals surface area contributed by atoms with E-state index in [0.717, 1.165) is 47.3 Å². The van der Waals surface area contributed by atoms with Gasteiger partial charge in [0, 0.05) is 18.8 Å². The third-order valence-corrected chi connectivity index (χ3v) is 6.50. The Morgan fingerprint density at radius 3 is 2.35 bits per heavy atom. The largest absolute Gasteiger partial charge is 0.497 e. The van der Waals surface area contributed by atoms with E-state index in [1.54, 1.807) is 21.3 Å². The summed E-state index contributed by atoms with van der Waals surface area (Å²) in [6.45, 7) is 2.02. The predicted molar refractivity (Wildman–Crippen MR) is 124 cm³/mol. The first kappa shape index (κ1) is 23.5. The van der Waals surface area contributed by atoms with Crippen molar-refractivity contribution in [1.29, 1.82) is 0 Å². The molecule has 10 nitrogen and oxygen atoms in total. The van der Waals surface area contributed by atoms with Gasteiger partial charge in [0.25, 0.3) is 0 Å². The van der Waals surface area contributed by atoms with E-state index in [-0.39, 0.29) is 17.9 Å². The van der Waals surface area contributed by atoms with Gasteiger partial charge in [-0.2, -0.15) is 0 Å². The molecule has 0 radical (unpaired) electrons. The number of carbonyl (C=O) groups excluding carboxylic acids is 1. The van der Waals surface area contributed by atoms with Crippen molar-refractivity contribution in [3.05, 3.63) is 59.4 Å². The Hall–Kier alpha value is -3.66. The molecule has 2 heterocycles. The van der Waals surface area contributed by atoms with Crippen molar-refractivity contribution in [3.8, 4) is 17.2 Å². The summed E-state index contributed by atoms with van der Waals surface area (Å²) in [5.41, 5.74) is 7.56. The molecule has 1 saturated heterocycles. The number of aromatic nitrogens is 4. The summed E-state index contributed by atoms with van der Waals surface area (Å²) in [5, 5.41) is 12.8. The van der Waals surface area contributed by atoms with E-state index in [1.165, 1.54) is 4.90 Å². The number of rotatable bonds is 9. The Morgan fingerprint density at radius 1 is 1.06 bits per heavy atom. The summed E-state index contributed by atoms with van der Waals surface area (Å²) in [7, 11) is 4.93. The highest BCUT2D eigenvalue weighted by molar-refractivity contribution is 5.76. The Kier molecular flexibility index (Phi) is 7.27. The maximum atomic E-state index is 11.7. The Bertz CT molecular complexity index is 1110. The van der Waals surface area contributed by atoms with Crippen molar-refractivity contribution in [3.63, 3.8) is 0 Å². The van der Waals surface area contributed by atoms with Crippen LogP contribution in [0, 0.1) is 5.92 Å². The topological polar surface area (TPSA) is 119 Å². The normalized spacial score (nSPS) is 18.8. The number of carbonyl (C=O) groups is 1. The van der Waals surface area contributed by atoms with Gasteiger partial charge in [0.2, 0.25) is 11.7 Å². The minimum absolute atomic E-state index is 0.105. The third-order valence-electron chi connectivity index (χ3n) is 6.50. The number of amides is 1. The molecule has 0 unspecified atom stereocenters. The summed E-state index contributed by atoms with van der Waals surface area (Å²) in [6.07, 6.45) is 1.43. The molecule has 1 atom stereocenters. The molecule has 1 aromatic heterocycles. The molecule has 1 amide bonds. The molecule has 180 valence electrons. The van der Waals surface area contributed by atoms with Gasteiger partial charge in [0.05, 0.1) is 46.5 Å². The van der Waals surface area contributed by atoms with Gasteiger partial charge in [-0.15, -0.1) is 5.10 Å². The van der Waals surface area contributed by atoms with E-state index in [9.17, 15) is 4.79 Å². The number of hydrogen-bond acceptors (Lipinski definition) is 7. The highest BCUT2D eigenvalue weighted by Crippen LogP contribution is 2.31. The van der Waals surface area contributed by atoms with E-state index in [1.807, 2.05) is 47.1 Å². The first-order chi connectivity index (χ1) is 16.5. The number of ether oxygens (including phenoxy) is 3. The number of quaternary nitrogens is 1. The second kappa shape index (κ2) is 10.5. The number of benzene rings is 2. The first-order valence-corrected chi connectivity index (χ1v) is 11.3. The number of primary amides is 1. The Labute approximate surface area is 198 Å². The zero-order valence-corrected chi connectivity index (χ0v) is 19.7. The molecule has 4 rings (SSSR count). The molecule has 3 N–H and O–H groups in total. The van der Waals surface area contributed by atoms with Crippen molar-refractivity contribution in [2.24, 2.45) is 11.7 Å². The van der Waals surface area contributed by atoms with Crippen LogP contribution < -0.4 is 24.8 Å². The molecule has 0 bridgehead atoms. The van der Waals surface area contributed by atoms with Gasteiger partial charge in [0.15, 0.2) is 6.04 Å². The average Bonchev–Trinajstić information content (AvgIpc) is 3.32. The van der Waals surface area contributed by atoms with Crippen LogP contribution >= 0.6 is 0 Å². The van der Waals surface area contributed by atoms with Crippen LogP contribution in [-0.2, 0) is 11.3 Å². The molecule has 0 saturated carbocycles. The van der Waals surface area contributed by atoms with Crippen LogP contribution in [0.2, 0.25) is 0 Å². The van der Waals surface area contributed by atoms with Crippen molar-refractivity contribution in [2.75, 3.05) is 34.4 Å². The van der Waals surface area contributed by atoms with Crippen LogP contribution in [0.1, 0.15) is 35.8 Å². The average molecular weight is 468 g/mol. The fourth-order valence-corrected chi connectivity index (χ4v) is 4.60. The maximum absolute atomic E-state index is 11.7. The molecule has 3 aromatic rings. The summed E-state index contributed by atoms with van der Waals surface area (Å²) >= 11 is 0. The number of piperidine rings is 1. The van der Waals surface area contributed by atoms with E-state index >= 15 is 0 Å². The molecule has 1 aliphatic rings. The van der Waals surface area contributed by atoms with Gasteiger partial charge in [-0.1, -0.05) is 12.1 Å². The Balaban J connectivity index is 1.72. The number of methoxy groups -OCH3 is 3. The quantitative estimate of drug-likeness (QED) is 0.473. The van der Waals surface area contributed by atoms with Crippen LogP contribution in [0.3, 0.4) is 0 Å². The van der Waals surface area contributed by atoms with E-state index in [0.29, 0.717) is 19.4 Å². The number of nitrogens with zero attached hydrogens (tertiary/aromatic N) is 4. The molecule has 2 aromatic carbocycles. The molecule has 0 aliphatic carbocycles. The molecular formula is C24H31N6O4+. The van der Waals surface area contributed by atoms with Gasteiger partial charge in [0.1, 0.15) is 17.2 Å². The lowest BCUT2D eigenvalue weighted by Gasteiger charge is -2.34. The number of nitrogens with one attached hydrogen (secondary N) is 1. The SMILES string of the molecule is COc1ccc(Cn2nnnc2[C@@H](c2cc(OC)ccc2OC)[NH+]2CCC(C(N)=O)CC2)cc1. The van der Waals surface area contributed by atoms with Crippen LogP contribution in [0.15, 0.2) is 42.5 Å². The number of tetrazole rings is 1. The van der Waals surface area contributed by atoms with E-state index < -0.39 is 0 Å². The van der Waals surface area contributed by atoms with E-state index in [2.05, 4.69) is 15.5 Å². The highest BCUT2D eigenvalue weighted by Gasteiger charge is 2.37. The zero-order valence-electron chi connectivity index (χ0n) is 19.7. The maximum Gasteiger partial charge on any atom is 0.220 e. The minimum atomic E-state index is -0.237. The standard InChI is InChI=1S/C24H30N6O4/c1-32-18-6-4-16(5-7-18)15-30-24(26-27-28-30)22(29-12-10-17(11-13-29)23(25)31)20-14-19(33-2)8-9-21(20)34-3/h4-9,14,17,22H,10-13,15H2,1-3H3,(H2,25,31)/p+1/t22-/m1/s1. The zero-order chi connectivity index (χ0) is 24.1. The fraction of sp³-hybridized carbons (Fsp3) is 0.417. The highest BCUT2D eigenvalue weighted by atomic mass is 16.5. The van der Waals surface area contributed by atoms with Crippen molar-refractivity contribution in [2.45, 2.75) is 25.4 Å². The van der Waals surface area contributed by atoms with Crippen LogP contribution in [0.5, 0.6) is 17.2 Å². The number of hydrogen-bond donors (Lipinski definition) is 2. The van der Waals surface area contributed by atoms with Gasteiger partial charge >= 0.3 is 0 Å². The van der Waals surface area contributed by atoms with Gasteiger partial charge < -0.3 is 24.8 Å². The lowest BCUT2D eigenvalue weighted by Crippen LogP contribution is -3.13. The van der Waals surface area contributed by atoms with Gasteiger partial charge in [-0.25, -0.2) is 4.68 Å². The summed E-state index contributed by atoms with van der Waals surface area (Å²) in [6, 6.07) is 13.4. The second-order valence-corrected chi connectivity index (χ2v) is 8.42. The number of likely N-dealkylation sites (tertiary alicyclic amines) is 1. The van der Waals surface area contributed by atoms with Gasteiger partial charge in [-0.05, 0) is 46.3 Å². The second-order valence-electron chi connectivity index (χ2n) is 8.42. The molecule has 0 spiro atoms. The number of nitrogens with two attached hydrogens (primary N) is 1. The molecule has 10 heteroatoms. The lowest BCUT2D eigenvalue weighted by molar-refractivity contribution is -0.931. The molecule has 34 heavy (non-hydrogen) atoms. The van der Waals surface area contributed by atoms with Crippen molar-refractivity contribution in [1.82, 2.24) is 20.2 Å². The lowest BCUT2D eigenvalue weighted by atomic mass is 9.93. The fourth-order valence-electron chi connectivity index (χ4n) is 4.60. The van der Waals surface area contributed by atoms with E-state index in [4.69, 9.17) is 19.9 Å². The van der Waals surface area contributed by atoms with Crippen LogP contribution in [-0.4, -0.2) is 60.5 Å². The Morgan fingerprint density at radius 2 is 1.74 bits per heavy atom. The summed E-state index contributed by atoms with van der Waals surface area (Å²) in [5.74, 6) is 2.62. The van der Waals surface area contributed by atoms with Gasteiger partial charge in [-0.3, -0.25) is 4.79 Å².